The number of aromatic nitrogens is 2. The van der Waals surface area contributed by atoms with Crippen molar-refractivity contribution < 1.29 is 0 Å². The maximum atomic E-state index is 2.78. The van der Waals surface area contributed by atoms with Gasteiger partial charge in [0.1, 0.15) is 0 Å². The first-order valence-corrected chi connectivity index (χ1v) is 48.1. The molecule has 25 rings (SSSR count). The summed E-state index contributed by atoms with van der Waals surface area (Å²) < 4.78 is 7.94. The van der Waals surface area contributed by atoms with Crippen LogP contribution >= 0.6 is 0 Å². The molecule has 13 bridgehead atoms. The molecule has 0 amide bonds. The average Bonchev–Trinajstić information content (AvgIpc) is 0.778. The second kappa shape index (κ2) is 30.3. The predicted molar refractivity (Wildman–Crippen MR) is 565 cm³/mol. The zero-order valence-corrected chi connectivity index (χ0v) is 77.2. The standard InChI is InChI=1S/C126H95BN4Se/c1-124(2,3)94-70-101(80-34-18-12-19-35-80)122-103(72-94)92-44-28-42-86(64-92)90-52-60-119-107(68-90)108-69-91(53-61-120(108)132-119)87-43-29-45-93(65-87)104-73-95(125(4,5)6)71-102(81-36-20-13-21-37-81)123(104)131-116-77-98(129-112-49-25-23-47-100(112)106-67-89(51-59-114(106)129)85-41-27-39-83(63-85)79-32-16-11-17-33-79)55-57-110(116)127-109-56-54-97(76-115(109)130(122)117-74-96(126(7,8)9)75-118(131)121(117)127)128-111-48-24-22-46-99(111)105-66-88(50-58-113(105)128)84-40-26-38-82(62-84)78-30-14-10-15-31-78/h10-77H,1-9H3. The van der Waals surface area contributed by atoms with Crippen molar-refractivity contribution in [3.63, 3.8) is 0 Å². The molecule has 0 aliphatic carbocycles. The van der Waals surface area contributed by atoms with E-state index in [1.54, 1.807) is 0 Å². The summed E-state index contributed by atoms with van der Waals surface area (Å²) in [5.41, 5.74) is 43.4. The van der Waals surface area contributed by atoms with Gasteiger partial charge in [0.05, 0.1) is 22.1 Å². The summed E-state index contributed by atoms with van der Waals surface area (Å²) in [6.45, 7) is 21.3. The molecule has 0 atom stereocenters. The van der Waals surface area contributed by atoms with Crippen molar-refractivity contribution in [1.82, 2.24) is 9.13 Å². The van der Waals surface area contributed by atoms with Gasteiger partial charge in [0.25, 0.3) is 6.71 Å². The van der Waals surface area contributed by atoms with Crippen molar-refractivity contribution in [2.24, 2.45) is 0 Å². The Hall–Kier alpha value is -15.0. The summed E-state index contributed by atoms with van der Waals surface area (Å²) in [7, 11) is 0. The minimum atomic E-state index is -0.401. The van der Waals surface area contributed by atoms with E-state index in [2.05, 4.69) is 494 Å². The second-order valence-corrected chi connectivity index (χ2v) is 41.9. The molecule has 19 aromatic carbocycles. The Morgan fingerprint density at radius 1 is 0.205 bits per heavy atom. The third-order valence-electron chi connectivity index (χ3n) is 28.4. The van der Waals surface area contributed by atoms with Crippen LogP contribution in [0, 0.1) is 0 Å². The molecule has 0 saturated carbocycles. The fourth-order valence-corrected chi connectivity index (χ4v) is 23.9. The van der Waals surface area contributed by atoms with Gasteiger partial charge in [-0.2, -0.15) is 0 Å². The van der Waals surface area contributed by atoms with Crippen LogP contribution < -0.4 is 26.2 Å². The van der Waals surface area contributed by atoms with Gasteiger partial charge in [-0.15, -0.1) is 0 Å². The molecular weight excluding hydrogens is 1660 g/mol. The van der Waals surface area contributed by atoms with Crippen molar-refractivity contribution in [2.75, 3.05) is 9.80 Å². The number of nitrogens with zero attached hydrogens (tertiary/aromatic N) is 4. The molecule has 0 radical (unpaired) electrons. The van der Waals surface area contributed by atoms with E-state index in [0.29, 0.717) is 0 Å². The van der Waals surface area contributed by atoms with Gasteiger partial charge in [-0.1, -0.05) is 215 Å². The quantitative estimate of drug-likeness (QED) is 0.141. The molecule has 0 saturated heterocycles. The first-order valence-electron chi connectivity index (χ1n) is 46.4. The van der Waals surface area contributed by atoms with E-state index < -0.39 is 5.41 Å². The minimum absolute atomic E-state index is 0.129. The van der Waals surface area contributed by atoms with Crippen LogP contribution in [0.4, 0.5) is 34.1 Å². The van der Waals surface area contributed by atoms with Gasteiger partial charge in [0, 0.05) is 32.9 Å². The number of hydrogen-bond acceptors (Lipinski definition) is 2. The van der Waals surface area contributed by atoms with Gasteiger partial charge in [-0.25, -0.2) is 0 Å². The Morgan fingerprint density at radius 2 is 0.492 bits per heavy atom. The van der Waals surface area contributed by atoms with E-state index in [1.807, 2.05) is 0 Å². The van der Waals surface area contributed by atoms with Crippen LogP contribution in [0.15, 0.2) is 413 Å². The van der Waals surface area contributed by atoms with Crippen LogP contribution in [0.1, 0.15) is 79.0 Å². The van der Waals surface area contributed by atoms with Gasteiger partial charge in [0.15, 0.2) is 0 Å². The zero-order chi connectivity index (χ0) is 88.7. The molecule has 0 unspecified atom stereocenters. The zero-order valence-electron chi connectivity index (χ0n) is 75.5. The molecule has 0 N–H and O–H groups in total. The van der Waals surface area contributed by atoms with Crippen molar-refractivity contribution >= 4 is 135 Å². The van der Waals surface area contributed by atoms with Gasteiger partial charge in [-0.3, -0.25) is 0 Å². The molecule has 4 nitrogen and oxygen atoms in total. The summed E-state index contributed by atoms with van der Waals surface area (Å²) in [6, 6.07) is 159. The number of benzene rings is 19. The van der Waals surface area contributed by atoms with E-state index in [0.717, 1.165) is 112 Å². The summed E-state index contributed by atoms with van der Waals surface area (Å²) in [6.07, 6.45) is 0. The molecule has 22 aromatic rings. The SMILES string of the molecule is CC(C)(C)c1cc(-c2ccccc2)c2c(c1)-c1cccc(c1)-c1ccc3[se]c4ccc(cc4c3c1)-c1cccc(c1)-c1cc(C(C)(C)C)cc(-c3ccccc3)c1N1c3cc(-n4c5ccccc5c5cc(-c6cccc(-c7ccccc7)c6)ccc54)ccc3B3c4ccc(-n5c6ccccc6c6cc(-c7cccc(-c8ccccc8)c7)ccc65)cc4N2c2cc(C(C)(C)C)cc1c23. The van der Waals surface area contributed by atoms with Crippen LogP contribution in [-0.4, -0.2) is 30.4 Å². The summed E-state index contributed by atoms with van der Waals surface area (Å²) >= 11 is 0.129. The molecule has 0 spiro atoms. The van der Waals surface area contributed by atoms with Gasteiger partial charge in [0.2, 0.25) is 0 Å². The van der Waals surface area contributed by atoms with Crippen LogP contribution in [0.3, 0.4) is 0 Å². The Bertz CT molecular complexity index is 8040. The first kappa shape index (κ1) is 79.2. The van der Waals surface area contributed by atoms with Crippen molar-refractivity contribution in [3.8, 4) is 123 Å². The maximum absolute atomic E-state index is 2.78. The van der Waals surface area contributed by atoms with Crippen LogP contribution in [0.5, 0.6) is 0 Å². The predicted octanol–water partition coefficient (Wildman–Crippen LogP) is 32.2. The topological polar surface area (TPSA) is 16.3 Å². The Morgan fingerprint density at radius 3 is 0.871 bits per heavy atom. The van der Waals surface area contributed by atoms with Crippen LogP contribution in [0.2, 0.25) is 0 Å². The molecule has 3 aromatic heterocycles. The van der Waals surface area contributed by atoms with Crippen molar-refractivity contribution in [1.29, 1.82) is 0 Å². The number of rotatable bonds is 8. The van der Waals surface area contributed by atoms with E-state index in [4.69, 9.17) is 0 Å². The van der Waals surface area contributed by atoms with E-state index in [-0.39, 0.29) is 32.0 Å². The van der Waals surface area contributed by atoms with Crippen LogP contribution in [0.25, 0.3) is 186 Å². The Kier molecular flexibility index (Phi) is 18.2. The van der Waals surface area contributed by atoms with E-state index in [9.17, 15) is 0 Å². The van der Waals surface area contributed by atoms with Crippen LogP contribution in [-0.2, 0) is 16.2 Å². The number of fused-ring (bicyclic) bond motifs is 26. The normalized spacial score (nSPS) is 12.8. The molecule has 0 fully saturated rings. The third-order valence-corrected chi connectivity index (χ3v) is 30.8. The van der Waals surface area contributed by atoms with Gasteiger partial charge in [-0.05, 0) is 116 Å². The van der Waals surface area contributed by atoms with Crippen molar-refractivity contribution in [3.05, 3.63) is 429 Å². The van der Waals surface area contributed by atoms with Crippen molar-refractivity contribution in [2.45, 2.75) is 78.6 Å². The summed E-state index contributed by atoms with van der Waals surface area (Å²) in [5, 5.41) is 7.44. The van der Waals surface area contributed by atoms with E-state index >= 15 is 0 Å². The number of anilines is 6. The molecule has 3 aliphatic heterocycles. The summed E-state index contributed by atoms with van der Waals surface area (Å²) in [5.74, 6) is 0. The number of hydrogen-bond donors (Lipinski definition) is 0. The summed E-state index contributed by atoms with van der Waals surface area (Å²) in [4.78, 5) is 5.57. The molecule has 6 heterocycles. The molecule has 132 heavy (non-hydrogen) atoms. The second-order valence-electron chi connectivity index (χ2n) is 39.6. The van der Waals surface area contributed by atoms with Gasteiger partial charge < -0.3 is 9.13 Å². The fraction of sp³-hybridized carbons (Fsp3) is 0.0952. The Balaban J connectivity index is 0.831. The molecule has 3 aliphatic rings. The average molecular weight is 1750 g/mol. The third kappa shape index (κ3) is 13.0. The molecule has 628 valence electrons. The first-order chi connectivity index (χ1) is 64.3. The molecule has 6 heteroatoms. The number of para-hydroxylation sites is 2. The van der Waals surface area contributed by atoms with E-state index in [1.165, 1.54) is 141 Å². The fourth-order valence-electron chi connectivity index (χ4n) is 21.6. The monoisotopic (exact) mass is 1750 g/mol. The molecular formula is C126H95BN4Se. The van der Waals surface area contributed by atoms with Gasteiger partial charge >= 0.3 is 382 Å². The Labute approximate surface area is 778 Å².